The van der Waals surface area contributed by atoms with Crippen molar-refractivity contribution in [2.75, 3.05) is 13.1 Å². The van der Waals surface area contributed by atoms with Crippen molar-refractivity contribution in [2.24, 2.45) is 0 Å². The highest BCUT2D eigenvalue weighted by Crippen LogP contribution is 2.01. The second-order valence-electron chi connectivity index (χ2n) is 3.54. The van der Waals surface area contributed by atoms with Crippen LogP contribution in [-0.4, -0.2) is 28.7 Å². The van der Waals surface area contributed by atoms with Crippen molar-refractivity contribution in [3.05, 3.63) is 18.0 Å². The van der Waals surface area contributed by atoms with E-state index >= 15 is 0 Å². The van der Waals surface area contributed by atoms with Crippen LogP contribution in [0.15, 0.2) is 12.3 Å². The predicted octanol–water partition coefficient (Wildman–Crippen LogP) is 1.48. The minimum atomic E-state index is 0.120. The first kappa shape index (κ1) is 11.9. The molecular weight excluding hydrogens is 190 g/mol. The zero-order valence-corrected chi connectivity index (χ0v) is 9.49. The molecule has 0 aliphatic carbocycles. The van der Waals surface area contributed by atoms with Crippen LogP contribution in [0.4, 0.5) is 0 Å². The van der Waals surface area contributed by atoms with Crippen molar-refractivity contribution in [1.82, 2.24) is 15.1 Å². The maximum atomic E-state index is 11.8. The first-order chi connectivity index (χ1) is 7.29. The van der Waals surface area contributed by atoms with Crippen LogP contribution in [0.2, 0.25) is 0 Å². The lowest BCUT2D eigenvalue weighted by molar-refractivity contribution is 0.0981. The molecule has 0 saturated heterocycles. The average molecular weight is 209 g/mol. The van der Waals surface area contributed by atoms with E-state index in [1.165, 1.54) is 0 Å². The fourth-order valence-electron chi connectivity index (χ4n) is 1.43. The van der Waals surface area contributed by atoms with Gasteiger partial charge in [0.2, 0.25) is 0 Å². The maximum Gasteiger partial charge on any atom is 0.194 e. The number of ketones is 1. The van der Waals surface area contributed by atoms with E-state index < -0.39 is 0 Å². The van der Waals surface area contributed by atoms with Crippen LogP contribution in [0.25, 0.3) is 0 Å². The second-order valence-corrected chi connectivity index (χ2v) is 3.54. The Morgan fingerprint density at radius 2 is 2.27 bits per heavy atom. The van der Waals surface area contributed by atoms with E-state index in [2.05, 4.69) is 24.3 Å². The quantitative estimate of drug-likeness (QED) is 0.546. The van der Waals surface area contributed by atoms with Gasteiger partial charge in [-0.1, -0.05) is 13.8 Å². The van der Waals surface area contributed by atoms with Crippen LogP contribution >= 0.6 is 0 Å². The summed E-state index contributed by atoms with van der Waals surface area (Å²) in [5, 5.41) is 7.23. The molecule has 0 bridgehead atoms. The molecule has 1 aromatic heterocycles. The van der Waals surface area contributed by atoms with Crippen molar-refractivity contribution >= 4 is 5.78 Å². The van der Waals surface area contributed by atoms with Crippen LogP contribution in [0.5, 0.6) is 0 Å². The lowest BCUT2D eigenvalue weighted by atomic mass is 10.2. The molecule has 0 spiro atoms. The zero-order chi connectivity index (χ0) is 11.1. The smallest absolute Gasteiger partial charge is 0.194 e. The minimum absolute atomic E-state index is 0.120. The van der Waals surface area contributed by atoms with E-state index in [1.54, 1.807) is 16.9 Å². The number of aryl methyl sites for hydroxylation is 1. The highest BCUT2D eigenvalue weighted by molar-refractivity contribution is 5.96. The molecule has 0 atom stereocenters. The van der Waals surface area contributed by atoms with Crippen LogP contribution in [0.1, 0.15) is 37.2 Å². The third-order valence-corrected chi connectivity index (χ3v) is 2.15. The van der Waals surface area contributed by atoms with Crippen molar-refractivity contribution in [2.45, 2.75) is 33.2 Å². The molecule has 1 N–H and O–H groups in total. The molecule has 4 heteroatoms. The van der Waals surface area contributed by atoms with Gasteiger partial charge in [0.15, 0.2) is 5.78 Å². The molecular formula is C11H19N3O. The molecule has 0 aromatic carbocycles. The Bertz CT molecular complexity index is 307. The van der Waals surface area contributed by atoms with Gasteiger partial charge in [0.1, 0.15) is 5.69 Å². The number of nitrogens with one attached hydrogen (secondary N) is 1. The fraction of sp³-hybridized carbons (Fsp3) is 0.636. The molecule has 4 nitrogen and oxygen atoms in total. The summed E-state index contributed by atoms with van der Waals surface area (Å²) in [5.41, 5.74) is 0.709. The molecule has 0 aliphatic rings. The number of aromatic nitrogens is 2. The van der Waals surface area contributed by atoms with Crippen molar-refractivity contribution < 1.29 is 4.79 Å². The molecule has 0 unspecified atom stereocenters. The van der Waals surface area contributed by atoms with Gasteiger partial charge < -0.3 is 5.32 Å². The highest BCUT2D eigenvalue weighted by atomic mass is 16.1. The Kier molecular flexibility index (Phi) is 5.04. The van der Waals surface area contributed by atoms with Gasteiger partial charge >= 0.3 is 0 Å². The van der Waals surface area contributed by atoms with E-state index in [0.29, 0.717) is 12.2 Å². The summed E-state index contributed by atoms with van der Waals surface area (Å²) in [4.78, 5) is 11.8. The molecule has 15 heavy (non-hydrogen) atoms. The van der Waals surface area contributed by atoms with Gasteiger partial charge in [-0.05, 0) is 25.5 Å². The first-order valence-electron chi connectivity index (χ1n) is 5.55. The zero-order valence-electron chi connectivity index (χ0n) is 9.49. The number of carbonyl (C=O) groups is 1. The molecule has 0 aliphatic heterocycles. The summed E-state index contributed by atoms with van der Waals surface area (Å²) < 4.78 is 1.77. The lowest BCUT2D eigenvalue weighted by Gasteiger charge is -2.05. The number of rotatable bonds is 7. The van der Waals surface area contributed by atoms with Crippen LogP contribution in [-0.2, 0) is 6.54 Å². The predicted molar refractivity (Wildman–Crippen MR) is 60.0 cm³/mol. The lowest BCUT2D eigenvalue weighted by Crippen LogP contribution is -2.25. The summed E-state index contributed by atoms with van der Waals surface area (Å²) >= 11 is 0. The normalized spacial score (nSPS) is 10.5. The largest absolute Gasteiger partial charge is 0.310 e. The van der Waals surface area contributed by atoms with Crippen molar-refractivity contribution in [3.63, 3.8) is 0 Å². The molecule has 0 radical (unpaired) electrons. The summed E-state index contributed by atoms with van der Waals surface area (Å²) in [5.74, 6) is 0.120. The topological polar surface area (TPSA) is 46.9 Å². The van der Waals surface area contributed by atoms with E-state index in [0.717, 1.165) is 25.9 Å². The summed E-state index contributed by atoms with van der Waals surface area (Å²) in [6, 6.07) is 1.78. The molecule has 1 rings (SSSR count). The van der Waals surface area contributed by atoms with Gasteiger partial charge in [0.25, 0.3) is 0 Å². The number of carbonyl (C=O) groups excluding carboxylic acids is 1. The highest BCUT2D eigenvalue weighted by Gasteiger charge is 2.10. The Labute approximate surface area is 90.7 Å². The third kappa shape index (κ3) is 3.47. The summed E-state index contributed by atoms with van der Waals surface area (Å²) in [6.45, 7) is 6.25. The number of Topliss-reactive ketones (excluding diaryl/α,β-unsaturated/α-hetero) is 1. The van der Waals surface area contributed by atoms with E-state index in [-0.39, 0.29) is 5.78 Å². The Hall–Kier alpha value is -1.16. The van der Waals surface area contributed by atoms with Gasteiger partial charge in [-0.3, -0.25) is 9.48 Å². The molecule has 1 heterocycles. The van der Waals surface area contributed by atoms with Crippen molar-refractivity contribution in [3.8, 4) is 0 Å². The summed E-state index contributed by atoms with van der Waals surface area (Å²) in [6.07, 6.45) is 3.72. The maximum absolute atomic E-state index is 11.8. The van der Waals surface area contributed by atoms with Crippen LogP contribution in [0, 0.1) is 0 Å². The van der Waals surface area contributed by atoms with E-state index in [9.17, 15) is 4.79 Å². The molecule has 0 saturated carbocycles. The van der Waals surface area contributed by atoms with Crippen molar-refractivity contribution in [1.29, 1.82) is 0 Å². The fourth-order valence-corrected chi connectivity index (χ4v) is 1.43. The minimum Gasteiger partial charge on any atom is -0.310 e. The van der Waals surface area contributed by atoms with Gasteiger partial charge in [0.05, 0.1) is 6.54 Å². The first-order valence-corrected chi connectivity index (χ1v) is 5.55. The van der Waals surface area contributed by atoms with Crippen LogP contribution in [0.3, 0.4) is 0 Å². The second kappa shape index (κ2) is 6.35. The molecule has 0 fully saturated rings. The number of nitrogens with zero attached hydrogens (tertiary/aromatic N) is 2. The Balaban J connectivity index is 2.53. The van der Waals surface area contributed by atoms with E-state index in [1.807, 2.05) is 0 Å². The summed E-state index contributed by atoms with van der Waals surface area (Å²) in [7, 11) is 0. The SMILES string of the molecule is CCCNCC(=O)c1ccnn1CCC. The Morgan fingerprint density at radius 3 is 2.93 bits per heavy atom. The van der Waals surface area contributed by atoms with Gasteiger partial charge in [0, 0.05) is 12.7 Å². The monoisotopic (exact) mass is 209 g/mol. The molecule has 84 valence electrons. The molecule has 0 amide bonds. The van der Waals surface area contributed by atoms with Gasteiger partial charge in [-0.15, -0.1) is 0 Å². The third-order valence-electron chi connectivity index (χ3n) is 2.15. The average Bonchev–Trinajstić information content (AvgIpc) is 2.67. The number of hydrogen-bond donors (Lipinski definition) is 1. The van der Waals surface area contributed by atoms with Gasteiger partial charge in [-0.2, -0.15) is 5.10 Å². The molecule has 1 aromatic rings. The van der Waals surface area contributed by atoms with Crippen LogP contribution < -0.4 is 5.32 Å². The van der Waals surface area contributed by atoms with Gasteiger partial charge in [-0.25, -0.2) is 0 Å². The van der Waals surface area contributed by atoms with E-state index in [4.69, 9.17) is 0 Å². The Morgan fingerprint density at radius 1 is 1.47 bits per heavy atom. The number of hydrogen-bond acceptors (Lipinski definition) is 3. The standard InChI is InChI=1S/C11H19N3O/c1-3-6-12-9-11(15)10-5-7-13-14(10)8-4-2/h5,7,12H,3-4,6,8-9H2,1-2H3.